The summed E-state index contributed by atoms with van der Waals surface area (Å²) in [5.74, 6) is 0.0408. The van der Waals surface area contributed by atoms with Gasteiger partial charge in [0.05, 0.1) is 12.6 Å². The molecule has 0 saturated carbocycles. The number of nitrogens with one attached hydrogen (secondary N) is 1. The van der Waals surface area contributed by atoms with Gasteiger partial charge in [0, 0.05) is 7.11 Å². The summed E-state index contributed by atoms with van der Waals surface area (Å²) in [7, 11) is 1.64. The molecule has 0 amide bonds. The molecule has 16 heavy (non-hydrogen) atoms. The molecule has 0 spiro atoms. The predicted molar refractivity (Wildman–Crippen MR) is 61.8 cm³/mol. The molecule has 4 nitrogen and oxygen atoms in total. The Bertz CT molecular complexity index is 309. The van der Waals surface area contributed by atoms with E-state index in [1.807, 2.05) is 0 Å². The normalized spacial score (nSPS) is 12.4. The highest BCUT2D eigenvalue weighted by Crippen LogP contribution is 2.08. The summed E-state index contributed by atoms with van der Waals surface area (Å²) in [5.41, 5.74) is 5.45. The van der Waals surface area contributed by atoms with Crippen molar-refractivity contribution in [2.75, 3.05) is 25.6 Å². The van der Waals surface area contributed by atoms with Crippen LogP contribution in [0.1, 0.15) is 12.8 Å². The lowest BCUT2D eigenvalue weighted by atomic mass is 10.1. The van der Waals surface area contributed by atoms with E-state index in [4.69, 9.17) is 10.5 Å². The third kappa shape index (κ3) is 4.55. The van der Waals surface area contributed by atoms with Gasteiger partial charge in [0.15, 0.2) is 0 Å². The third-order valence-corrected chi connectivity index (χ3v) is 2.19. The highest BCUT2D eigenvalue weighted by molar-refractivity contribution is 5.34. The first-order chi connectivity index (χ1) is 7.76. The zero-order valence-electron chi connectivity index (χ0n) is 9.45. The van der Waals surface area contributed by atoms with E-state index in [-0.39, 0.29) is 6.04 Å². The Kier molecular flexibility index (Phi) is 5.74. The van der Waals surface area contributed by atoms with Crippen LogP contribution < -0.4 is 11.1 Å². The van der Waals surface area contributed by atoms with Crippen LogP contribution in [-0.2, 0) is 4.74 Å². The van der Waals surface area contributed by atoms with Crippen molar-refractivity contribution in [2.24, 2.45) is 5.73 Å². The van der Waals surface area contributed by atoms with Crippen molar-refractivity contribution in [3.8, 4) is 0 Å². The fourth-order valence-corrected chi connectivity index (χ4v) is 1.46. The van der Waals surface area contributed by atoms with E-state index in [9.17, 15) is 4.39 Å². The first kappa shape index (κ1) is 12.9. The maximum Gasteiger partial charge on any atom is 0.214 e. The maximum atomic E-state index is 12.9. The van der Waals surface area contributed by atoms with E-state index in [0.717, 1.165) is 12.8 Å². The minimum Gasteiger partial charge on any atom is -0.383 e. The molecule has 1 aromatic heterocycles. The van der Waals surface area contributed by atoms with Crippen molar-refractivity contribution in [1.82, 2.24) is 4.98 Å². The molecular formula is C11H18FN3O. The van der Waals surface area contributed by atoms with E-state index in [0.29, 0.717) is 19.0 Å². The predicted octanol–water partition coefficient (Wildman–Crippen LogP) is 1.39. The van der Waals surface area contributed by atoms with Gasteiger partial charge >= 0.3 is 0 Å². The number of methoxy groups -OCH3 is 1. The van der Waals surface area contributed by atoms with Crippen LogP contribution in [0.3, 0.4) is 0 Å². The van der Waals surface area contributed by atoms with Gasteiger partial charge in [0.25, 0.3) is 0 Å². The smallest absolute Gasteiger partial charge is 0.214 e. The highest BCUT2D eigenvalue weighted by Gasteiger charge is 2.08. The molecule has 1 unspecified atom stereocenters. The average molecular weight is 227 g/mol. The monoisotopic (exact) mass is 227 g/mol. The first-order valence-electron chi connectivity index (χ1n) is 5.34. The fraction of sp³-hybridized carbons (Fsp3) is 0.545. The Morgan fingerprint density at radius 1 is 1.56 bits per heavy atom. The summed E-state index contributed by atoms with van der Waals surface area (Å²) in [6.45, 7) is 1.19. The van der Waals surface area contributed by atoms with Gasteiger partial charge in [0.2, 0.25) is 5.95 Å². The lowest BCUT2D eigenvalue weighted by Crippen LogP contribution is -2.26. The number of halogens is 1. The van der Waals surface area contributed by atoms with Crippen LogP contribution in [0.2, 0.25) is 0 Å². The molecule has 1 aromatic rings. The largest absolute Gasteiger partial charge is 0.383 e. The number of aromatic nitrogens is 1. The molecule has 0 aliphatic rings. The minimum absolute atomic E-state index is 0.114. The highest BCUT2D eigenvalue weighted by atomic mass is 19.1. The van der Waals surface area contributed by atoms with E-state index in [2.05, 4.69) is 10.3 Å². The summed E-state index contributed by atoms with van der Waals surface area (Å²) >= 11 is 0. The van der Waals surface area contributed by atoms with Gasteiger partial charge in [-0.1, -0.05) is 6.07 Å². The summed E-state index contributed by atoms with van der Waals surface area (Å²) in [4.78, 5) is 3.74. The molecule has 0 aliphatic heterocycles. The summed E-state index contributed by atoms with van der Waals surface area (Å²) in [6.07, 6.45) is 1.78. The van der Waals surface area contributed by atoms with Crippen molar-refractivity contribution in [1.29, 1.82) is 0 Å². The lowest BCUT2D eigenvalue weighted by molar-refractivity contribution is 0.182. The molecule has 1 heterocycles. The molecule has 3 N–H and O–H groups in total. The van der Waals surface area contributed by atoms with Gasteiger partial charge in [-0.15, -0.1) is 0 Å². The Morgan fingerprint density at radius 3 is 3.00 bits per heavy atom. The molecule has 1 rings (SSSR count). The van der Waals surface area contributed by atoms with Crippen LogP contribution in [0.4, 0.5) is 10.2 Å². The standard InChI is InChI=1S/C11H18FN3O/c1-16-8-9(4-3-7-13)14-11-6-2-5-10(12)15-11/h2,5-6,9H,3-4,7-8,13H2,1H3,(H,14,15). The van der Waals surface area contributed by atoms with Gasteiger partial charge in [-0.3, -0.25) is 0 Å². The second kappa shape index (κ2) is 7.14. The summed E-state index contributed by atoms with van der Waals surface area (Å²) in [5, 5.41) is 3.12. The van der Waals surface area contributed by atoms with Crippen molar-refractivity contribution >= 4 is 5.82 Å². The van der Waals surface area contributed by atoms with Crippen LogP contribution in [0.15, 0.2) is 18.2 Å². The van der Waals surface area contributed by atoms with E-state index >= 15 is 0 Å². The molecule has 5 heteroatoms. The van der Waals surface area contributed by atoms with Crippen molar-refractivity contribution in [3.05, 3.63) is 24.1 Å². The van der Waals surface area contributed by atoms with Gasteiger partial charge in [-0.05, 0) is 31.5 Å². The minimum atomic E-state index is -0.486. The number of nitrogens with zero attached hydrogens (tertiary/aromatic N) is 1. The molecule has 0 bridgehead atoms. The third-order valence-electron chi connectivity index (χ3n) is 2.19. The zero-order chi connectivity index (χ0) is 11.8. The molecule has 90 valence electrons. The van der Waals surface area contributed by atoms with Crippen LogP contribution in [0, 0.1) is 5.95 Å². The van der Waals surface area contributed by atoms with Crippen LogP contribution >= 0.6 is 0 Å². The van der Waals surface area contributed by atoms with Crippen molar-refractivity contribution < 1.29 is 9.13 Å². The van der Waals surface area contributed by atoms with Crippen LogP contribution in [0.25, 0.3) is 0 Å². The quantitative estimate of drug-likeness (QED) is 0.691. The van der Waals surface area contributed by atoms with Crippen LogP contribution in [-0.4, -0.2) is 31.3 Å². The van der Waals surface area contributed by atoms with Crippen molar-refractivity contribution in [2.45, 2.75) is 18.9 Å². The molecule has 1 atom stereocenters. The topological polar surface area (TPSA) is 60.2 Å². The Labute approximate surface area is 95.0 Å². The number of pyridine rings is 1. The average Bonchev–Trinajstić information content (AvgIpc) is 2.26. The summed E-state index contributed by atoms with van der Waals surface area (Å²) < 4.78 is 17.9. The molecule has 0 fully saturated rings. The molecule has 0 aromatic carbocycles. The van der Waals surface area contributed by atoms with E-state index in [1.165, 1.54) is 6.07 Å². The fourth-order valence-electron chi connectivity index (χ4n) is 1.46. The number of anilines is 1. The Balaban J connectivity index is 2.52. The summed E-state index contributed by atoms with van der Waals surface area (Å²) in [6, 6.07) is 4.78. The molecule has 0 saturated heterocycles. The second-order valence-electron chi connectivity index (χ2n) is 3.57. The zero-order valence-corrected chi connectivity index (χ0v) is 9.45. The molecule has 0 radical (unpaired) electrons. The van der Waals surface area contributed by atoms with Gasteiger partial charge in [-0.2, -0.15) is 4.39 Å². The number of ether oxygens (including phenoxy) is 1. The number of hydrogen-bond donors (Lipinski definition) is 2. The van der Waals surface area contributed by atoms with E-state index < -0.39 is 5.95 Å². The lowest BCUT2D eigenvalue weighted by Gasteiger charge is -2.18. The van der Waals surface area contributed by atoms with Gasteiger partial charge < -0.3 is 15.8 Å². The Hall–Kier alpha value is -1.20. The molecule has 0 aliphatic carbocycles. The SMILES string of the molecule is COCC(CCCN)Nc1cccc(F)n1. The number of nitrogens with two attached hydrogens (primary N) is 1. The van der Waals surface area contributed by atoms with Crippen molar-refractivity contribution in [3.63, 3.8) is 0 Å². The number of hydrogen-bond acceptors (Lipinski definition) is 4. The van der Waals surface area contributed by atoms with E-state index in [1.54, 1.807) is 19.2 Å². The van der Waals surface area contributed by atoms with Gasteiger partial charge in [-0.25, -0.2) is 4.98 Å². The Morgan fingerprint density at radius 2 is 2.38 bits per heavy atom. The maximum absolute atomic E-state index is 12.9. The number of rotatable bonds is 7. The molecular weight excluding hydrogens is 209 g/mol. The van der Waals surface area contributed by atoms with Crippen LogP contribution in [0.5, 0.6) is 0 Å². The van der Waals surface area contributed by atoms with Gasteiger partial charge in [0.1, 0.15) is 5.82 Å². The second-order valence-corrected chi connectivity index (χ2v) is 3.57. The first-order valence-corrected chi connectivity index (χ1v) is 5.34.